The number of hydrogen-bond donors (Lipinski definition) is 1. The topological polar surface area (TPSA) is 52.9 Å². The second-order valence-corrected chi connectivity index (χ2v) is 6.93. The zero-order valence-corrected chi connectivity index (χ0v) is 15.3. The van der Waals surface area contributed by atoms with Crippen LogP contribution in [0.2, 0.25) is 0 Å². The number of rotatable bonds is 5. The van der Waals surface area contributed by atoms with Gasteiger partial charge in [0.05, 0.1) is 12.2 Å². The van der Waals surface area contributed by atoms with Gasteiger partial charge in [-0.1, -0.05) is 6.07 Å². The predicted octanol–water partition coefficient (Wildman–Crippen LogP) is 2.37. The number of halogens is 2. The van der Waals surface area contributed by atoms with Crippen molar-refractivity contribution in [3.63, 3.8) is 0 Å². The van der Waals surface area contributed by atoms with Crippen molar-refractivity contribution in [2.75, 3.05) is 38.0 Å². The molecule has 146 valence electrons. The van der Waals surface area contributed by atoms with Gasteiger partial charge in [-0.15, -0.1) is 0 Å². The molecule has 1 amide bonds. The molecule has 0 unspecified atom stereocenters. The van der Waals surface area contributed by atoms with E-state index in [0.29, 0.717) is 0 Å². The van der Waals surface area contributed by atoms with E-state index in [9.17, 15) is 13.6 Å². The fourth-order valence-corrected chi connectivity index (χ4v) is 3.38. The summed E-state index contributed by atoms with van der Waals surface area (Å²) >= 11 is 0. The van der Waals surface area contributed by atoms with Gasteiger partial charge in [0.1, 0.15) is 5.65 Å². The van der Waals surface area contributed by atoms with E-state index in [-0.39, 0.29) is 18.1 Å². The van der Waals surface area contributed by atoms with Crippen molar-refractivity contribution in [1.29, 1.82) is 0 Å². The second kappa shape index (κ2) is 8.04. The highest BCUT2D eigenvalue weighted by molar-refractivity contribution is 5.92. The van der Waals surface area contributed by atoms with Gasteiger partial charge in [-0.25, -0.2) is 13.8 Å². The lowest BCUT2D eigenvalue weighted by Crippen LogP contribution is -2.48. The monoisotopic (exact) mass is 385 g/mol. The molecule has 1 N–H and O–H groups in total. The summed E-state index contributed by atoms with van der Waals surface area (Å²) in [6.07, 6.45) is 4.02. The Labute approximate surface area is 161 Å². The largest absolute Gasteiger partial charge is 0.325 e. The summed E-state index contributed by atoms with van der Waals surface area (Å²) in [5, 5.41) is 2.61. The van der Waals surface area contributed by atoms with Gasteiger partial charge in [0, 0.05) is 56.9 Å². The van der Waals surface area contributed by atoms with Crippen molar-refractivity contribution in [3.05, 3.63) is 66.1 Å². The van der Waals surface area contributed by atoms with E-state index in [0.717, 1.165) is 56.2 Å². The highest BCUT2D eigenvalue weighted by Crippen LogP contribution is 2.14. The first-order chi connectivity index (χ1) is 13.6. The van der Waals surface area contributed by atoms with E-state index in [2.05, 4.69) is 20.1 Å². The molecule has 0 aliphatic carbocycles. The van der Waals surface area contributed by atoms with E-state index in [1.807, 2.05) is 35.0 Å². The molecular weight excluding hydrogens is 364 g/mol. The smallest absolute Gasteiger partial charge is 0.238 e. The summed E-state index contributed by atoms with van der Waals surface area (Å²) in [5.74, 6) is -2.14. The standard InChI is InChI=1S/C20H21F2N5O/c21-17-5-4-15(11-18(17)22)24-20(28)14-26-9-7-25(8-10-26)12-16-13-27-6-2-1-3-19(27)23-16/h1-6,11,13H,7-10,12,14H2,(H,24,28). The number of pyridine rings is 1. The molecule has 1 aliphatic heterocycles. The zero-order chi connectivity index (χ0) is 19.5. The molecule has 0 spiro atoms. The maximum atomic E-state index is 13.2. The molecule has 28 heavy (non-hydrogen) atoms. The Balaban J connectivity index is 1.25. The molecule has 0 radical (unpaired) electrons. The second-order valence-electron chi connectivity index (χ2n) is 6.93. The van der Waals surface area contributed by atoms with Gasteiger partial charge in [0.15, 0.2) is 11.6 Å². The SMILES string of the molecule is O=C(CN1CCN(Cc2cn3ccccc3n2)CC1)Nc1ccc(F)c(F)c1. The average Bonchev–Trinajstić information content (AvgIpc) is 3.08. The van der Waals surface area contributed by atoms with Gasteiger partial charge in [0.25, 0.3) is 0 Å². The van der Waals surface area contributed by atoms with Crippen LogP contribution >= 0.6 is 0 Å². The molecule has 3 heterocycles. The molecule has 0 bridgehead atoms. The number of nitrogens with zero attached hydrogens (tertiary/aromatic N) is 4. The summed E-state index contributed by atoms with van der Waals surface area (Å²) in [7, 11) is 0. The summed E-state index contributed by atoms with van der Waals surface area (Å²) in [6.45, 7) is 4.20. The number of imidazole rings is 1. The van der Waals surface area contributed by atoms with Gasteiger partial charge in [-0.3, -0.25) is 14.6 Å². The van der Waals surface area contributed by atoms with Crippen LogP contribution in [0.3, 0.4) is 0 Å². The van der Waals surface area contributed by atoms with Crippen molar-refractivity contribution in [2.24, 2.45) is 0 Å². The molecule has 4 rings (SSSR count). The molecule has 8 heteroatoms. The lowest BCUT2D eigenvalue weighted by molar-refractivity contribution is -0.117. The van der Waals surface area contributed by atoms with Crippen molar-refractivity contribution >= 4 is 17.2 Å². The minimum atomic E-state index is -0.974. The number of anilines is 1. The Morgan fingerprint density at radius 2 is 1.82 bits per heavy atom. The fourth-order valence-electron chi connectivity index (χ4n) is 3.38. The van der Waals surface area contributed by atoms with Crippen LogP contribution in [-0.2, 0) is 11.3 Å². The first-order valence-corrected chi connectivity index (χ1v) is 9.19. The van der Waals surface area contributed by atoms with Crippen LogP contribution in [0.5, 0.6) is 0 Å². The number of fused-ring (bicyclic) bond motifs is 1. The summed E-state index contributed by atoms with van der Waals surface area (Å²) in [6, 6.07) is 9.26. The summed E-state index contributed by atoms with van der Waals surface area (Å²) < 4.78 is 28.2. The van der Waals surface area contributed by atoms with Gasteiger partial charge in [-0.05, 0) is 24.3 Å². The molecule has 2 aromatic heterocycles. The molecule has 1 aromatic carbocycles. The number of carbonyl (C=O) groups excluding carboxylic acids is 1. The van der Waals surface area contributed by atoms with Crippen LogP contribution in [0.15, 0.2) is 48.8 Å². The normalized spacial score (nSPS) is 15.8. The lowest BCUT2D eigenvalue weighted by atomic mass is 10.2. The van der Waals surface area contributed by atoms with Crippen LogP contribution < -0.4 is 5.32 Å². The number of benzene rings is 1. The highest BCUT2D eigenvalue weighted by Gasteiger charge is 2.20. The minimum absolute atomic E-state index is 0.223. The third-order valence-electron chi connectivity index (χ3n) is 4.83. The Morgan fingerprint density at radius 1 is 1.04 bits per heavy atom. The quantitative estimate of drug-likeness (QED) is 0.733. The first-order valence-electron chi connectivity index (χ1n) is 9.19. The third kappa shape index (κ3) is 4.35. The van der Waals surface area contributed by atoms with Gasteiger partial charge < -0.3 is 9.72 Å². The third-order valence-corrected chi connectivity index (χ3v) is 4.83. The fraction of sp³-hybridized carbons (Fsp3) is 0.300. The molecule has 3 aromatic rings. The average molecular weight is 385 g/mol. The number of nitrogens with one attached hydrogen (secondary N) is 1. The van der Waals surface area contributed by atoms with Crippen LogP contribution in [0, 0.1) is 11.6 Å². The van der Waals surface area contributed by atoms with E-state index in [1.54, 1.807) is 0 Å². The maximum absolute atomic E-state index is 13.2. The molecular formula is C20H21F2N5O. The molecule has 1 fully saturated rings. The first kappa shape index (κ1) is 18.5. The Bertz CT molecular complexity index is 949. The van der Waals surface area contributed by atoms with Gasteiger partial charge in [0.2, 0.25) is 5.91 Å². The van der Waals surface area contributed by atoms with E-state index < -0.39 is 11.6 Å². The van der Waals surface area contributed by atoms with Crippen LogP contribution in [0.4, 0.5) is 14.5 Å². The molecule has 1 aliphatic rings. The molecule has 0 atom stereocenters. The maximum Gasteiger partial charge on any atom is 0.238 e. The molecule has 6 nitrogen and oxygen atoms in total. The van der Waals surface area contributed by atoms with Crippen LogP contribution in [0.1, 0.15) is 5.69 Å². The lowest BCUT2D eigenvalue weighted by Gasteiger charge is -2.33. The number of aromatic nitrogens is 2. The van der Waals surface area contributed by atoms with Gasteiger partial charge in [-0.2, -0.15) is 0 Å². The highest BCUT2D eigenvalue weighted by atomic mass is 19.2. The van der Waals surface area contributed by atoms with Crippen LogP contribution in [0.25, 0.3) is 5.65 Å². The predicted molar refractivity (Wildman–Crippen MR) is 102 cm³/mol. The van der Waals surface area contributed by atoms with Gasteiger partial charge >= 0.3 is 0 Å². The number of carbonyl (C=O) groups is 1. The number of amides is 1. The Hall–Kier alpha value is -2.84. The van der Waals surface area contributed by atoms with Crippen LogP contribution in [-0.4, -0.2) is 57.8 Å². The van der Waals surface area contributed by atoms with E-state index in [1.165, 1.54) is 6.07 Å². The molecule has 0 saturated carbocycles. The van der Waals surface area contributed by atoms with Crippen molar-refractivity contribution in [1.82, 2.24) is 19.2 Å². The van der Waals surface area contributed by atoms with E-state index in [4.69, 9.17) is 0 Å². The van der Waals surface area contributed by atoms with Crippen molar-refractivity contribution < 1.29 is 13.6 Å². The van der Waals surface area contributed by atoms with Crippen molar-refractivity contribution in [2.45, 2.75) is 6.54 Å². The van der Waals surface area contributed by atoms with E-state index >= 15 is 0 Å². The number of piperazine rings is 1. The van der Waals surface area contributed by atoms with Crippen molar-refractivity contribution in [3.8, 4) is 0 Å². The number of hydrogen-bond acceptors (Lipinski definition) is 4. The summed E-state index contributed by atoms with van der Waals surface area (Å²) in [5.41, 5.74) is 2.22. The molecule has 1 saturated heterocycles. The zero-order valence-electron chi connectivity index (χ0n) is 15.3. The summed E-state index contributed by atoms with van der Waals surface area (Å²) in [4.78, 5) is 21.1. The Kier molecular flexibility index (Phi) is 5.31. The Morgan fingerprint density at radius 3 is 2.57 bits per heavy atom. The minimum Gasteiger partial charge on any atom is -0.325 e.